The van der Waals surface area contributed by atoms with Gasteiger partial charge in [0.1, 0.15) is 0 Å². The van der Waals surface area contributed by atoms with Gasteiger partial charge in [0.15, 0.2) is 11.0 Å². The molecule has 0 N–H and O–H groups in total. The summed E-state index contributed by atoms with van der Waals surface area (Å²) in [5.74, 6) is 1.30. The lowest BCUT2D eigenvalue weighted by Gasteiger charge is -2.20. The van der Waals surface area contributed by atoms with Crippen molar-refractivity contribution in [3.8, 4) is 11.4 Å². The number of aryl methyl sites for hydroxylation is 1. The Labute approximate surface area is 154 Å². The van der Waals surface area contributed by atoms with Crippen molar-refractivity contribution in [3.63, 3.8) is 0 Å². The lowest BCUT2D eigenvalue weighted by molar-refractivity contribution is -0.127. The molecule has 1 aromatic carbocycles. The third kappa shape index (κ3) is 4.72. The van der Waals surface area contributed by atoms with Crippen molar-refractivity contribution < 1.29 is 4.79 Å². The maximum Gasteiger partial charge on any atom is 0.233 e. The van der Waals surface area contributed by atoms with Gasteiger partial charge >= 0.3 is 0 Å². The number of benzene rings is 1. The molecule has 1 heterocycles. The summed E-state index contributed by atoms with van der Waals surface area (Å²) < 4.78 is 2.06. The molecular formula is C19H26N4OS. The second-order valence-corrected chi connectivity index (χ2v) is 6.96. The Morgan fingerprint density at radius 2 is 2.00 bits per heavy atom. The highest BCUT2D eigenvalue weighted by Crippen LogP contribution is 2.26. The SMILES string of the molecule is C=C(C)CN(CC)C(=O)CSc1nnc(-c2ccccc2C)n1CC. The van der Waals surface area contributed by atoms with E-state index in [4.69, 9.17) is 0 Å². The summed E-state index contributed by atoms with van der Waals surface area (Å²) in [5.41, 5.74) is 3.22. The van der Waals surface area contributed by atoms with Gasteiger partial charge < -0.3 is 9.47 Å². The molecule has 2 aromatic rings. The van der Waals surface area contributed by atoms with E-state index < -0.39 is 0 Å². The van der Waals surface area contributed by atoms with Crippen LogP contribution in [0.5, 0.6) is 0 Å². The second kappa shape index (κ2) is 8.85. The number of carbonyl (C=O) groups is 1. The Balaban J connectivity index is 2.15. The molecule has 0 bridgehead atoms. The summed E-state index contributed by atoms with van der Waals surface area (Å²) in [6.07, 6.45) is 0. The van der Waals surface area contributed by atoms with Crippen LogP contribution in [0.3, 0.4) is 0 Å². The topological polar surface area (TPSA) is 51.0 Å². The zero-order valence-electron chi connectivity index (χ0n) is 15.5. The Morgan fingerprint density at radius 1 is 1.28 bits per heavy atom. The quantitative estimate of drug-likeness (QED) is 0.532. The highest BCUT2D eigenvalue weighted by atomic mass is 32.2. The summed E-state index contributed by atoms with van der Waals surface area (Å²) in [6, 6.07) is 8.14. The normalized spacial score (nSPS) is 10.7. The third-order valence-corrected chi connectivity index (χ3v) is 4.89. The van der Waals surface area contributed by atoms with E-state index in [0.717, 1.165) is 34.2 Å². The van der Waals surface area contributed by atoms with Gasteiger partial charge in [0.2, 0.25) is 5.91 Å². The molecule has 0 aliphatic carbocycles. The van der Waals surface area contributed by atoms with Crippen LogP contribution in [0.4, 0.5) is 0 Å². The fraction of sp³-hybridized carbons (Fsp3) is 0.421. The summed E-state index contributed by atoms with van der Waals surface area (Å²) in [5, 5.41) is 9.45. The van der Waals surface area contributed by atoms with Crippen LogP contribution in [0.15, 0.2) is 41.6 Å². The highest BCUT2D eigenvalue weighted by Gasteiger charge is 2.17. The van der Waals surface area contributed by atoms with Gasteiger partial charge in [-0.25, -0.2) is 0 Å². The van der Waals surface area contributed by atoms with Crippen LogP contribution in [0.1, 0.15) is 26.3 Å². The first-order chi connectivity index (χ1) is 12.0. The van der Waals surface area contributed by atoms with E-state index in [1.54, 1.807) is 0 Å². The lowest BCUT2D eigenvalue weighted by Crippen LogP contribution is -2.33. The molecule has 0 spiro atoms. The molecule has 1 amide bonds. The molecule has 1 aromatic heterocycles. The molecule has 0 saturated carbocycles. The molecule has 5 nitrogen and oxygen atoms in total. The lowest BCUT2D eigenvalue weighted by atomic mass is 10.1. The molecule has 0 radical (unpaired) electrons. The van der Waals surface area contributed by atoms with Crippen molar-refractivity contribution >= 4 is 17.7 Å². The molecule has 134 valence electrons. The first-order valence-electron chi connectivity index (χ1n) is 8.52. The van der Waals surface area contributed by atoms with E-state index in [-0.39, 0.29) is 5.91 Å². The number of carbonyl (C=O) groups excluding carboxylic acids is 1. The molecule has 0 aliphatic heterocycles. The monoisotopic (exact) mass is 358 g/mol. The number of thioether (sulfide) groups is 1. The van der Waals surface area contributed by atoms with Gasteiger partial charge in [-0.2, -0.15) is 0 Å². The molecule has 0 unspecified atom stereocenters. The molecule has 2 rings (SSSR count). The second-order valence-electron chi connectivity index (χ2n) is 6.02. The number of hydrogen-bond acceptors (Lipinski definition) is 4. The molecule has 25 heavy (non-hydrogen) atoms. The minimum absolute atomic E-state index is 0.0959. The number of hydrogen-bond donors (Lipinski definition) is 0. The van der Waals surface area contributed by atoms with Gasteiger partial charge in [-0.15, -0.1) is 10.2 Å². The van der Waals surface area contributed by atoms with Crippen LogP contribution in [-0.4, -0.2) is 44.4 Å². The predicted molar refractivity (Wildman–Crippen MR) is 104 cm³/mol. The van der Waals surface area contributed by atoms with Gasteiger partial charge in [-0.1, -0.05) is 48.2 Å². The highest BCUT2D eigenvalue weighted by molar-refractivity contribution is 7.99. The van der Waals surface area contributed by atoms with Gasteiger partial charge in [0.25, 0.3) is 0 Å². The molecule has 6 heteroatoms. The predicted octanol–water partition coefficient (Wildman–Crippen LogP) is 3.79. The summed E-state index contributed by atoms with van der Waals surface area (Å²) >= 11 is 1.44. The number of rotatable bonds is 8. The summed E-state index contributed by atoms with van der Waals surface area (Å²) in [7, 11) is 0. The molecule has 0 atom stereocenters. The number of nitrogens with zero attached hydrogens (tertiary/aromatic N) is 4. The minimum atomic E-state index is 0.0959. The Kier molecular flexibility index (Phi) is 6.82. The van der Waals surface area contributed by atoms with Crippen molar-refractivity contribution in [2.24, 2.45) is 0 Å². The average molecular weight is 359 g/mol. The first-order valence-corrected chi connectivity index (χ1v) is 9.50. The van der Waals surface area contributed by atoms with Crippen molar-refractivity contribution in [3.05, 3.63) is 42.0 Å². The smallest absolute Gasteiger partial charge is 0.233 e. The Morgan fingerprint density at radius 3 is 2.60 bits per heavy atom. The molecular weight excluding hydrogens is 332 g/mol. The van der Waals surface area contributed by atoms with Crippen molar-refractivity contribution in [1.82, 2.24) is 19.7 Å². The third-order valence-electron chi connectivity index (χ3n) is 3.94. The molecule has 0 saturated heterocycles. The van der Waals surface area contributed by atoms with Crippen LogP contribution in [-0.2, 0) is 11.3 Å². The van der Waals surface area contributed by atoms with Gasteiger partial charge in [0, 0.05) is 25.2 Å². The molecule has 0 fully saturated rings. The van der Waals surface area contributed by atoms with Crippen LogP contribution >= 0.6 is 11.8 Å². The van der Waals surface area contributed by atoms with Crippen LogP contribution in [0.2, 0.25) is 0 Å². The van der Waals surface area contributed by atoms with E-state index in [2.05, 4.69) is 47.3 Å². The summed E-state index contributed by atoms with van der Waals surface area (Å²) in [4.78, 5) is 14.2. The standard InChI is InChI=1S/C19H26N4OS/c1-6-22(12-14(3)4)17(24)13-25-19-21-20-18(23(19)7-2)16-11-9-8-10-15(16)5/h8-11H,3,6-7,12-13H2,1-2,4-5H3. The average Bonchev–Trinajstić information content (AvgIpc) is 3.00. The largest absolute Gasteiger partial charge is 0.338 e. The van der Waals surface area contributed by atoms with Gasteiger partial charge in [-0.05, 0) is 33.3 Å². The maximum atomic E-state index is 12.4. The first kappa shape index (κ1) is 19.2. The van der Waals surface area contributed by atoms with Crippen molar-refractivity contribution in [2.45, 2.75) is 39.4 Å². The van der Waals surface area contributed by atoms with Crippen LogP contribution < -0.4 is 0 Å². The van der Waals surface area contributed by atoms with Crippen LogP contribution in [0.25, 0.3) is 11.4 Å². The maximum absolute atomic E-state index is 12.4. The van der Waals surface area contributed by atoms with Crippen molar-refractivity contribution in [1.29, 1.82) is 0 Å². The van der Waals surface area contributed by atoms with E-state index in [1.807, 2.05) is 30.9 Å². The van der Waals surface area contributed by atoms with E-state index in [9.17, 15) is 4.79 Å². The zero-order chi connectivity index (χ0) is 18.4. The van der Waals surface area contributed by atoms with E-state index >= 15 is 0 Å². The Hall–Kier alpha value is -2.08. The summed E-state index contributed by atoms with van der Waals surface area (Å²) in [6.45, 7) is 14.0. The number of amides is 1. The fourth-order valence-electron chi connectivity index (χ4n) is 2.62. The fourth-order valence-corrected chi connectivity index (χ4v) is 3.53. The Bertz CT molecular complexity index is 754. The van der Waals surface area contributed by atoms with Crippen LogP contribution in [0, 0.1) is 6.92 Å². The van der Waals surface area contributed by atoms with Crippen molar-refractivity contribution in [2.75, 3.05) is 18.8 Å². The van der Waals surface area contributed by atoms with E-state index in [1.165, 1.54) is 11.8 Å². The number of likely N-dealkylation sites (N-methyl/N-ethyl adjacent to an activating group) is 1. The minimum Gasteiger partial charge on any atom is -0.338 e. The number of aromatic nitrogens is 3. The zero-order valence-corrected chi connectivity index (χ0v) is 16.3. The van der Waals surface area contributed by atoms with Gasteiger partial charge in [-0.3, -0.25) is 4.79 Å². The van der Waals surface area contributed by atoms with Gasteiger partial charge in [0.05, 0.1) is 5.75 Å². The molecule has 0 aliphatic rings. The van der Waals surface area contributed by atoms with E-state index in [0.29, 0.717) is 18.8 Å².